The van der Waals surface area contributed by atoms with E-state index < -0.39 is 10.8 Å². The van der Waals surface area contributed by atoms with Crippen LogP contribution in [0, 0.1) is 22.0 Å². The number of hydrogen-bond donors (Lipinski definition) is 0. The van der Waals surface area contributed by atoms with Crippen LogP contribution in [-0.4, -0.2) is 16.5 Å². The number of nitro groups is 1. The minimum Gasteiger partial charge on any atom is -0.299 e. The Hall–Kier alpha value is -2.04. The second kappa shape index (κ2) is 4.68. The van der Waals surface area contributed by atoms with Crippen molar-refractivity contribution in [3.05, 3.63) is 39.9 Å². The molecule has 2 rings (SSSR count). The lowest BCUT2D eigenvalue weighted by molar-refractivity contribution is -0.384. The van der Waals surface area contributed by atoms with Crippen molar-refractivity contribution in [3.8, 4) is 0 Å². The Balaban J connectivity index is 2.19. The number of carbonyl (C=O) groups is 2. The normalized spacial score (nSPS) is 16.1. The molecule has 1 saturated carbocycles. The van der Waals surface area contributed by atoms with Gasteiger partial charge in [-0.15, -0.1) is 0 Å². The fourth-order valence-corrected chi connectivity index (χ4v) is 1.87. The number of benzene rings is 1. The molecule has 1 atom stereocenters. The lowest BCUT2D eigenvalue weighted by Crippen LogP contribution is -2.22. The van der Waals surface area contributed by atoms with E-state index in [0.29, 0.717) is 0 Å². The first-order chi connectivity index (χ1) is 8.50. The maximum Gasteiger partial charge on any atom is 0.270 e. The number of non-ortho nitro benzene ring substituents is 1. The van der Waals surface area contributed by atoms with Gasteiger partial charge in [-0.25, -0.2) is 0 Å². The summed E-state index contributed by atoms with van der Waals surface area (Å²) < 4.78 is 0. The van der Waals surface area contributed by atoms with E-state index in [1.165, 1.54) is 24.3 Å². The van der Waals surface area contributed by atoms with Crippen LogP contribution >= 0.6 is 0 Å². The van der Waals surface area contributed by atoms with Crippen LogP contribution < -0.4 is 0 Å². The fraction of sp³-hybridized carbons (Fsp3) is 0.385. The topological polar surface area (TPSA) is 77.3 Å². The van der Waals surface area contributed by atoms with Gasteiger partial charge < -0.3 is 0 Å². The second-order valence-electron chi connectivity index (χ2n) is 4.57. The predicted molar refractivity (Wildman–Crippen MR) is 64.3 cm³/mol. The van der Waals surface area contributed by atoms with Crippen molar-refractivity contribution >= 4 is 17.3 Å². The predicted octanol–water partition coefficient (Wildman–Crippen LogP) is 2.39. The van der Waals surface area contributed by atoms with Crippen LogP contribution in [0.25, 0.3) is 0 Å². The van der Waals surface area contributed by atoms with Gasteiger partial charge in [-0.1, -0.05) is 12.1 Å². The summed E-state index contributed by atoms with van der Waals surface area (Å²) >= 11 is 0. The Morgan fingerprint density at radius 2 is 2.06 bits per heavy atom. The summed E-state index contributed by atoms with van der Waals surface area (Å²) in [6.45, 7) is 1.57. The zero-order valence-electron chi connectivity index (χ0n) is 9.96. The van der Waals surface area contributed by atoms with Crippen LogP contribution in [0.15, 0.2) is 24.3 Å². The Labute approximate surface area is 104 Å². The van der Waals surface area contributed by atoms with Crippen molar-refractivity contribution in [2.24, 2.45) is 11.8 Å². The number of nitro benzene ring substituents is 1. The van der Waals surface area contributed by atoms with E-state index >= 15 is 0 Å². The summed E-state index contributed by atoms with van der Waals surface area (Å²) in [5.74, 6) is -1.08. The monoisotopic (exact) mass is 247 g/mol. The molecule has 1 unspecified atom stereocenters. The first-order valence-electron chi connectivity index (χ1n) is 5.83. The molecule has 0 radical (unpaired) electrons. The van der Waals surface area contributed by atoms with Crippen LogP contribution in [0.4, 0.5) is 5.69 Å². The third-order valence-electron chi connectivity index (χ3n) is 3.14. The van der Waals surface area contributed by atoms with Crippen molar-refractivity contribution < 1.29 is 14.5 Å². The molecular weight excluding hydrogens is 234 g/mol. The molecule has 0 aromatic heterocycles. The van der Waals surface area contributed by atoms with Gasteiger partial charge in [0.25, 0.3) is 5.69 Å². The molecule has 0 bridgehead atoms. The standard InChI is InChI=1S/C13H13NO4/c1-8(12(15)9-5-6-9)13(16)10-3-2-4-11(7-10)14(17)18/h2-4,7-9H,5-6H2,1H3. The molecule has 0 N–H and O–H groups in total. The number of carbonyl (C=O) groups excluding carboxylic acids is 2. The number of hydrogen-bond acceptors (Lipinski definition) is 4. The SMILES string of the molecule is CC(C(=O)c1cccc([N+](=O)[O-])c1)C(=O)C1CC1. The van der Waals surface area contributed by atoms with Crippen molar-refractivity contribution in [1.82, 2.24) is 0 Å². The van der Waals surface area contributed by atoms with E-state index in [0.717, 1.165) is 12.8 Å². The van der Waals surface area contributed by atoms with Crippen LogP contribution in [-0.2, 0) is 4.79 Å². The molecule has 5 heteroatoms. The molecule has 0 aliphatic heterocycles. The molecule has 0 amide bonds. The summed E-state index contributed by atoms with van der Waals surface area (Å²) in [4.78, 5) is 33.9. The van der Waals surface area contributed by atoms with Crippen LogP contribution in [0.1, 0.15) is 30.1 Å². The van der Waals surface area contributed by atoms with Gasteiger partial charge in [-0.3, -0.25) is 19.7 Å². The average Bonchev–Trinajstić information content (AvgIpc) is 3.20. The van der Waals surface area contributed by atoms with Gasteiger partial charge in [0.1, 0.15) is 5.78 Å². The third-order valence-corrected chi connectivity index (χ3v) is 3.14. The van der Waals surface area contributed by atoms with Crippen molar-refractivity contribution in [2.75, 3.05) is 0 Å². The van der Waals surface area contributed by atoms with Crippen molar-refractivity contribution in [2.45, 2.75) is 19.8 Å². The Kier molecular flexibility index (Phi) is 3.23. The summed E-state index contributed by atoms with van der Waals surface area (Å²) in [5, 5.41) is 10.6. The molecular formula is C13H13NO4. The highest BCUT2D eigenvalue weighted by Crippen LogP contribution is 2.33. The minimum absolute atomic E-state index is 0.0163. The van der Waals surface area contributed by atoms with Gasteiger partial charge in [0.05, 0.1) is 10.8 Å². The number of nitrogens with zero attached hydrogens (tertiary/aromatic N) is 1. The molecule has 1 aliphatic rings. The second-order valence-corrected chi connectivity index (χ2v) is 4.57. The molecule has 1 aliphatic carbocycles. The van der Waals surface area contributed by atoms with Gasteiger partial charge in [0.2, 0.25) is 0 Å². The highest BCUT2D eigenvalue weighted by Gasteiger charge is 2.36. The van der Waals surface area contributed by atoms with Gasteiger partial charge in [-0.2, -0.15) is 0 Å². The zero-order valence-corrected chi connectivity index (χ0v) is 9.96. The zero-order chi connectivity index (χ0) is 13.3. The average molecular weight is 247 g/mol. The van der Waals surface area contributed by atoms with Gasteiger partial charge in [0, 0.05) is 23.6 Å². The van der Waals surface area contributed by atoms with Crippen LogP contribution in [0.3, 0.4) is 0 Å². The summed E-state index contributed by atoms with van der Waals surface area (Å²) in [6.07, 6.45) is 1.71. The highest BCUT2D eigenvalue weighted by molar-refractivity contribution is 6.11. The number of Topliss-reactive ketones (excluding diaryl/α,β-unsaturated/α-hetero) is 2. The van der Waals surface area contributed by atoms with E-state index in [9.17, 15) is 19.7 Å². The smallest absolute Gasteiger partial charge is 0.270 e. The maximum absolute atomic E-state index is 12.0. The van der Waals surface area contributed by atoms with Crippen LogP contribution in [0.5, 0.6) is 0 Å². The van der Waals surface area contributed by atoms with Crippen LogP contribution in [0.2, 0.25) is 0 Å². The molecule has 0 saturated heterocycles. The Morgan fingerprint density at radius 3 is 2.61 bits per heavy atom. The maximum atomic E-state index is 12.0. The van der Waals surface area contributed by atoms with E-state index in [-0.39, 0.29) is 28.7 Å². The molecule has 0 heterocycles. The highest BCUT2D eigenvalue weighted by atomic mass is 16.6. The molecule has 94 valence electrons. The van der Waals surface area contributed by atoms with Gasteiger partial charge in [-0.05, 0) is 19.8 Å². The minimum atomic E-state index is -0.709. The number of ketones is 2. The van der Waals surface area contributed by atoms with Gasteiger partial charge >= 0.3 is 0 Å². The summed E-state index contributed by atoms with van der Waals surface area (Å²) in [5.41, 5.74) is 0.0950. The van der Waals surface area contributed by atoms with Gasteiger partial charge in [0.15, 0.2) is 5.78 Å². The summed E-state index contributed by atoms with van der Waals surface area (Å²) in [7, 11) is 0. The molecule has 1 aromatic rings. The molecule has 18 heavy (non-hydrogen) atoms. The van der Waals surface area contributed by atoms with E-state index in [1.807, 2.05) is 0 Å². The first kappa shape index (κ1) is 12.4. The third kappa shape index (κ3) is 2.45. The lowest BCUT2D eigenvalue weighted by Gasteiger charge is -2.08. The Morgan fingerprint density at radius 1 is 1.39 bits per heavy atom. The molecule has 1 fully saturated rings. The van der Waals surface area contributed by atoms with Crippen molar-refractivity contribution in [3.63, 3.8) is 0 Å². The molecule has 1 aromatic carbocycles. The lowest BCUT2D eigenvalue weighted by atomic mass is 9.93. The Bertz CT molecular complexity index is 519. The van der Waals surface area contributed by atoms with E-state index in [1.54, 1.807) is 6.92 Å². The van der Waals surface area contributed by atoms with Crippen molar-refractivity contribution in [1.29, 1.82) is 0 Å². The molecule has 5 nitrogen and oxygen atoms in total. The van der Waals surface area contributed by atoms with E-state index in [2.05, 4.69) is 0 Å². The summed E-state index contributed by atoms with van der Waals surface area (Å²) in [6, 6.07) is 5.51. The largest absolute Gasteiger partial charge is 0.299 e. The fourth-order valence-electron chi connectivity index (χ4n) is 1.87. The quantitative estimate of drug-likeness (QED) is 0.346. The number of rotatable bonds is 5. The molecule has 0 spiro atoms. The van der Waals surface area contributed by atoms with E-state index in [4.69, 9.17) is 0 Å². The first-order valence-corrected chi connectivity index (χ1v) is 5.83.